The number of hydrogen-bond donors (Lipinski definition) is 1. The lowest BCUT2D eigenvalue weighted by Crippen LogP contribution is -2.23. The van der Waals surface area contributed by atoms with Crippen LogP contribution in [0.25, 0.3) is 0 Å². The van der Waals surface area contributed by atoms with Crippen LogP contribution < -0.4 is 10.1 Å². The SMILES string of the molecule is CN(C)C(=O)c1ccc(CNC(=O)c2ccc(OCC3CCCO3)cc2)cc1. The van der Waals surface area contributed by atoms with Crippen molar-refractivity contribution >= 4 is 11.8 Å². The molecule has 1 aliphatic rings. The van der Waals surface area contributed by atoms with E-state index in [0.29, 0.717) is 24.3 Å². The van der Waals surface area contributed by atoms with Gasteiger partial charge in [0, 0.05) is 38.4 Å². The number of rotatable bonds is 7. The van der Waals surface area contributed by atoms with Gasteiger partial charge in [-0.2, -0.15) is 0 Å². The molecule has 0 aromatic heterocycles. The van der Waals surface area contributed by atoms with Crippen molar-refractivity contribution in [2.45, 2.75) is 25.5 Å². The Morgan fingerprint density at radius 2 is 1.75 bits per heavy atom. The minimum atomic E-state index is -0.154. The van der Waals surface area contributed by atoms with Crippen LogP contribution in [-0.2, 0) is 11.3 Å². The largest absolute Gasteiger partial charge is 0.491 e. The van der Waals surface area contributed by atoms with Crippen molar-refractivity contribution in [1.29, 1.82) is 0 Å². The predicted octanol–water partition coefficient (Wildman–Crippen LogP) is 2.88. The van der Waals surface area contributed by atoms with Crippen LogP contribution in [0.2, 0.25) is 0 Å². The van der Waals surface area contributed by atoms with Gasteiger partial charge in [-0.15, -0.1) is 0 Å². The second kappa shape index (κ2) is 9.37. The summed E-state index contributed by atoms with van der Waals surface area (Å²) in [5.74, 6) is 0.532. The van der Waals surface area contributed by atoms with E-state index in [-0.39, 0.29) is 17.9 Å². The van der Waals surface area contributed by atoms with Crippen LogP contribution in [0.3, 0.4) is 0 Å². The summed E-state index contributed by atoms with van der Waals surface area (Å²) in [5.41, 5.74) is 2.13. The van der Waals surface area contributed by atoms with Gasteiger partial charge >= 0.3 is 0 Å². The average Bonchev–Trinajstić information content (AvgIpc) is 3.24. The van der Waals surface area contributed by atoms with Crippen LogP contribution in [-0.4, -0.2) is 50.1 Å². The first-order chi connectivity index (χ1) is 13.5. The first-order valence-corrected chi connectivity index (χ1v) is 9.46. The molecule has 0 radical (unpaired) electrons. The Kier molecular flexibility index (Phi) is 6.66. The molecule has 148 valence electrons. The van der Waals surface area contributed by atoms with Gasteiger partial charge in [-0.3, -0.25) is 9.59 Å². The fourth-order valence-electron chi connectivity index (χ4n) is 2.98. The zero-order chi connectivity index (χ0) is 19.9. The van der Waals surface area contributed by atoms with E-state index in [9.17, 15) is 9.59 Å². The van der Waals surface area contributed by atoms with Crippen molar-refractivity contribution in [2.24, 2.45) is 0 Å². The molecule has 1 atom stereocenters. The highest BCUT2D eigenvalue weighted by molar-refractivity contribution is 5.94. The molecule has 6 nitrogen and oxygen atoms in total. The Morgan fingerprint density at radius 3 is 2.36 bits per heavy atom. The van der Waals surface area contributed by atoms with Gasteiger partial charge in [-0.25, -0.2) is 0 Å². The number of hydrogen-bond acceptors (Lipinski definition) is 4. The summed E-state index contributed by atoms with van der Waals surface area (Å²) in [5, 5.41) is 2.89. The molecule has 6 heteroatoms. The monoisotopic (exact) mass is 382 g/mol. The minimum absolute atomic E-state index is 0.0441. The fourth-order valence-corrected chi connectivity index (χ4v) is 2.98. The highest BCUT2D eigenvalue weighted by Crippen LogP contribution is 2.16. The van der Waals surface area contributed by atoms with E-state index in [4.69, 9.17) is 9.47 Å². The molecule has 1 N–H and O–H groups in total. The summed E-state index contributed by atoms with van der Waals surface area (Å²) in [4.78, 5) is 25.8. The van der Waals surface area contributed by atoms with Crippen molar-refractivity contribution < 1.29 is 19.1 Å². The molecule has 1 aliphatic heterocycles. The molecule has 1 saturated heterocycles. The third-order valence-corrected chi connectivity index (χ3v) is 4.64. The lowest BCUT2D eigenvalue weighted by atomic mass is 10.1. The van der Waals surface area contributed by atoms with E-state index in [1.54, 1.807) is 50.5 Å². The zero-order valence-electron chi connectivity index (χ0n) is 16.3. The maximum absolute atomic E-state index is 12.3. The average molecular weight is 382 g/mol. The van der Waals surface area contributed by atoms with Gasteiger partial charge < -0.3 is 19.7 Å². The Morgan fingerprint density at radius 1 is 1.07 bits per heavy atom. The van der Waals surface area contributed by atoms with Gasteiger partial charge in [0.15, 0.2) is 0 Å². The minimum Gasteiger partial charge on any atom is -0.491 e. The van der Waals surface area contributed by atoms with Crippen molar-refractivity contribution in [3.8, 4) is 5.75 Å². The van der Waals surface area contributed by atoms with Crippen molar-refractivity contribution in [2.75, 3.05) is 27.3 Å². The van der Waals surface area contributed by atoms with Gasteiger partial charge in [0.25, 0.3) is 11.8 Å². The quantitative estimate of drug-likeness (QED) is 0.800. The maximum Gasteiger partial charge on any atom is 0.253 e. The fraction of sp³-hybridized carbons (Fsp3) is 0.364. The number of amides is 2. The third kappa shape index (κ3) is 5.33. The molecular weight excluding hydrogens is 356 g/mol. The van der Waals surface area contributed by atoms with Crippen LogP contribution in [0.1, 0.15) is 39.1 Å². The molecule has 1 unspecified atom stereocenters. The Balaban J connectivity index is 1.48. The lowest BCUT2D eigenvalue weighted by Gasteiger charge is -2.12. The number of ether oxygens (including phenoxy) is 2. The van der Waals surface area contributed by atoms with E-state index in [1.165, 1.54) is 4.90 Å². The Hall–Kier alpha value is -2.86. The molecule has 28 heavy (non-hydrogen) atoms. The van der Waals surface area contributed by atoms with Gasteiger partial charge in [-0.05, 0) is 54.8 Å². The first kappa shape index (κ1) is 19.9. The number of carbonyl (C=O) groups excluding carboxylic acids is 2. The van der Waals surface area contributed by atoms with E-state index < -0.39 is 0 Å². The Labute approximate surface area is 165 Å². The summed E-state index contributed by atoms with van der Waals surface area (Å²) in [7, 11) is 3.44. The standard InChI is InChI=1S/C22H26N2O4/c1-24(2)22(26)18-7-5-16(6-8-18)14-23-21(25)17-9-11-19(12-10-17)28-15-20-4-3-13-27-20/h5-12,20H,3-4,13-15H2,1-2H3,(H,23,25). The highest BCUT2D eigenvalue weighted by Gasteiger charge is 2.16. The first-order valence-electron chi connectivity index (χ1n) is 9.46. The van der Waals surface area contributed by atoms with Crippen LogP contribution in [0.4, 0.5) is 0 Å². The molecule has 1 fully saturated rings. The topological polar surface area (TPSA) is 67.9 Å². The van der Waals surface area contributed by atoms with Gasteiger partial charge in [0.05, 0.1) is 6.10 Å². The lowest BCUT2D eigenvalue weighted by molar-refractivity contribution is 0.0679. The van der Waals surface area contributed by atoms with E-state index >= 15 is 0 Å². The van der Waals surface area contributed by atoms with Crippen molar-refractivity contribution in [1.82, 2.24) is 10.2 Å². The summed E-state index contributed by atoms with van der Waals surface area (Å²) >= 11 is 0. The van der Waals surface area contributed by atoms with E-state index in [2.05, 4.69) is 5.32 Å². The smallest absolute Gasteiger partial charge is 0.253 e. The van der Waals surface area contributed by atoms with E-state index in [0.717, 1.165) is 30.8 Å². The summed E-state index contributed by atoms with van der Waals surface area (Å²) in [6.07, 6.45) is 2.29. The highest BCUT2D eigenvalue weighted by atomic mass is 16.5. The molecule has 3 rings (SSSR count). The second-order valence-electron chi connectivity index (χ2n) is 7.05. The van der Waals surface area contributed by atoms with Crippen LogP contribution in [0.5, 0.6) is 5.75 Å². The van der Waals surface area contributed by atoms with Crippen molar-refractivity contribution in [3.05, 3.63) is 65.2 Å². The zero-order valence-corrected chi connectivity index (χ0v) is 16.3. The molecule has 1 heterocycles. The third-order valence-electron chi connectivity index (χ3n) is 4.64. The van der Waals surface area contributed by atoms with Crippen LogP contribution >= 0.6 is 0 Å². The van der Waals surface area contributed by atoms with E-state index in [1.807, 2.05) is 12.1 Å². The van der Waals surface area contributed by atoms with Crippen LogP contribution in [0, 0.1) is 0 Å². The second-order valence-corrected chi connectivity index (χ2v) is 7.05. The number of nitrogens with one attached hydrogen (secondary N) is 1. The predicted molar refractivity (Wildman–Crippen MR) is 107 cm³/mol. The molecule has 2 aromatic carbocycles. The number of benzene rings is 2. The van der Waals surface area contributed by atoms with Crippen LogP contribution in [0.15, 0.2) is 48.5 Å². The summed E-state index contributed by atoms with van der Waals surface area (Å²) in [6.45, 7) is 1.74. The van der Waals surface area contributed by atoms with Gasteiger partial charge in [0.2, 0.25) is 0 Å². The molecular formula is C22H26N2O4. The van der Waals surface area contributed by atoms with Gasteiger partial charge in [0.1, 0.15) is 12.4 Å². The summed E-state index contributed by atoms with van der Waals surface area (Å²) in [6, 6.07) is 14.3. The Bertz CT molecular complexity index is 794. The molecule has 0 saturated carbocycles. The normalized spacial score (nSPS) is 15.9. The maximum atomic E-state index is 12.3. The molecule has 0 aliphatic carbocycles. The number of nitrogens with zero attached hydrogens (tertiary/aromatic N) is 1. The molecule has 0 spiro atoms. The molecule has 2 aromatic rings. The summed E-state index contributed by atoms with van der Waals surface area (Å²) < 4.78 is 11.2. The van der Waals surface area contributed by atoms with Gasteiger partial charge in [-0.1, -0.05) is 12.1 Å². The number of carbonyl (C=O) groups is 2. The van der Waals surface area contributed by atoms with Crippen molar-refractivity contribution in [3.63, 3.8) is 0 Å². The molecule has 0 bridgehead atoms. The molecule has 2 amide bonds.